The third-order valence-corrected chi connectivity index (χ3v) is 5.55. The second-order valence-electron chi connectivity index (χ2n) is 6.23. The molecule has 0 saturated carbocycles. The molecule has 2 aromatic carbocycles. The highest BCUT2D eigenvalue weighted by Gasteiger charge is 2.19. The van der Waals surface area contributed by atoms with E-state index in [-0.39, 0.29) is 11.4 Å². The molecule has 0 atom stereocenters. The van der Waals surface area contributed by atoms with Crippen LogP contribution in [0.2, 0.25) is 0 Å². The molecule has 0 radical (unpaired) electrons. The van der Waals surface area contributed by atoms with Gasteiger partial charge >= 0.3 is 5.69 Å². The van der Waals surface area contributed by atoms with Crippen LogP contribution in [0.15, 0.2) is 42.5 Å². The van der Waals surface area contributed by atoms with E-state index >= 15 is 0 Å². The molecule has 0 unspecified atom stereocenters. The first kappa shape index (κ1) is 17.8. The standard InChI is InChI=1S/C19H19N3O4S/c23-22(24)16-13-14(19-20-15-3-1-2-4-18(15)27-19)5-6-17(16)26-12-9-21-7-10-25-11-8-21/h1-6,13H,7-12H2. The maximum atomic E-state index is 11.5. The summed E-state index contributed by atoms with van der Waals surface area (Å²) in [6, 6.07) is 12.9. The average molecular weight is 385 g/mol. The fraction of sp³-hybridized carbons (Fsp3) is 0.316. The molecule has 0 N–H and O–H groups in total. The van der Waals surface area contributed by atoms with Crippen LogP contribution in [-0.4, -0.2) is 54.3 Å². The summed E-state index contributed by atoms with van der Waals surface area (Å²) >= 11 is 1.52. The van der Waals surface area contributed by atoms with Crippen LogP contribution in [0, 0.1) is 10.1 Å². The lowest BCUT2D eigenvalue weighted by Gasteiger charge is -2.26. The maximum Gasteiger partial charge on any atom is 0.311 e. The summed E-state index contributed by atoms with van der Waals surface area (Å²) in [5.41, 5.74) is 1.59. The SMILES string of the molecule is O=[N+]([O-])c1cc(-c2nc3ccccc3s2)ccc1OCCN1CCOCC1. The molecule has 0 aliphatic carbocycles. The number of rotatable bonds is 6. The number of ether oxygens (including phenoxy) is 2. The Hall–Kier alpha value is -2.55. The topological polar surface area (TPSA) is 77.7 Å². The van der Waals surface area contributed by atoms with Crippen molar-refractivity contribution in [1.82, 2.24) is 9.88 Å². The van der Waals surface area contributed by atoms with Crippen LogP contribution in [-0.2, 0) is 4.74 Å². The Morgan fingerprint density at radius 3 is 2.81 bits per heavy atom. The highest BCUT2D eigenvalue weighted by Crippen LogP contribution is 2.35. The number of para-hydroxylation sites is 1. The van der Waals surface area contributed by atoms with E-state index in [0.717, 1.165) is 53.6 Å². The number of nitro benzene ring substituents is 1. The van der Waals surface area contributed by atoms with Gasteiger partial charge in [0.15, 0.2) is 5.75 Å². The Morgan fingerprint density at radius 1 is 1.22 bits per heavy atom. The molecule has 8 heteroatoms. The van der Waals surface area contributed by atoms with Gasteiger partial charge in [0.25, 0.3) is 0 Å². The predicted molar refractivity (Wildman–Crippen MR) is 104 cm³/mol. The van der Waals surface area contributed by atoms with Crippen molar-refractivity contribution in [2.75, 3.05) is 39.5 Å². The van der Waals surface area contributed by atoms with Crippen molar-refractivity contribution in [2.45, 2.75) is 0 Å². The number of aromatic nitrogens is 1. The molecule has 1 aromatic heterocycles. The molecular weight excluding hydrogens is 366 g/mol. The fourth-order valence-electron chi connectivity index (χ4n) is 3.02. The highest BCUT2D eigenvalue weighted by atomic mass is 32.1. The first-order valence-electron chi connectivity index (χ1n) is 8.78. The average Bonchev–Trinajstić information content (AvgIpc) is 3.13. The van der Waals surface area contributed by atoms with Crippen LogP contribution in [0.3, 0.4) is 0 Å². The normalized spacial score (nSPS) is 15.1. The molecule has 1 fully saturated rings. The van der Waals surface area contributed by atoms with Crippen LogP contribution in [0.5, 0.6) is 5.75 Å². The molecule has 7 nitrogen and oxygen atoms in total. The lowest BCUT2D eigenvalue weighted by molar-refractivity contribution is -0.385. The molecule has 27 heavy (non-hydrogen) atoms. The molecule has 1 saturated heterocycles. The molecule has 1 aliphatic rings. The lowest BCUT2D eigenvalue weighted by Crippen LogP contribution is -2.38. The number of hydrogen-bond donors (Lipinski definition) is 0. The molecule has 2 heterocycles. The van der Waals surface area contributed by atoms with E-state index in [2.05, 4.69) is 9.88 Å². The number of fused-ring (bicyclic) bond motifs is 1. The number of thiazole rings is 1. The Labute approximate surface area is 160 Å². The van der Waals surface area contributed by atoms with E-state index < -0.39 is 4.92 Å². The van der Waals surface area contributed by atoms with Gasteiger partial charge in [-0.3, -0.25) is 15.0 Å². The minimum absolute atomic E-state index is 0.0336. The summed E-state index contributed by atoms with van der Waals surface area (Å²) in [4.78, 5) is 17.9. The zero-order valence-electron chi connectivity index (χ0n) is 14.7. The smallest absolute Gasteiger partial charge is 0.311 e. The van der Waals surface area contributed by atoms with Crippen molar-refractivity contribution < 1.29 is 14.4 Å². The van der Waals surface area contributed by atoms with Crippen molar-refractivity contribution in [1.29, 1.82) is 0 Å². The number of morpholine rings is 1. The van der Waals surface area contributed by atoms with E-state index in [9.17, 15) is 10.1 Å². The number of nitro groups is 1. The fourth-order valence-corrected chi connectivity index (χ4v) is 3.98. The summed E-state index contributed by atoms with van der Waals surface area (Å²) in [5, 5.41) is 12.3. The Balaban J connectivity index is 1.51. The van der Waals surface area contributed by atoms with Crippen molar-refractivity contribution in [2.24, 2.45) is 0 Å². The second-order valence-corrected chi connectivity index (χ2v) is 7.26. The van der Waals surface area contributed by atoms with E-state index in [0.29, 0.717) is 6.61 Å². The van der Waals surface area contributed by atoms with Gasteiger partial charge < -0.3 is 9.47 Å². The summed E-state index contributed by atoms with van der Waals surface area (Å²) in [7, 11) is 0. The van der Waals surface area contributed by atoms with Crippen LogP contribution < -0.4 is 4.74 Å². The van der Waals surface area contributed by atoms with Gasteiger partial charge in [-0.25, -0.2) is 4.98 Å². The van der Waals surface area contributed by atoms with Crippen LogP contribution in [0.1, 0.15) is 0 Å². The lowest BCUT2D eigenvalue weighted by atomic mass is 10.2. The van der Waals surface area contributed by atoms with Crippen molar-refractivity contribution in [3.63, 3.8) is 0 Å². The first-order valence-corrected chi connectivity index (χ1v) is 9.59. The third-order valence-electron chi connectivity index (χ3n) is 4.47. The van der Waals surface area contributed by atoms with Gasteiger partial charge in [0, 0.05) is 31.3 Å². The van der Waals surface area contributed by atoms with E-state index in [1.165, 1.54) is 11.3 Å². The molecular formula is C19H19N3O4S. The quantitative estimate of drug-likeness (QED) is 0.477. The van der Waals surface area contributed by atoms with Crippen LogP contribution >= 0.6 is 11.3 Å². The van der Waals surface area contributed by atoms with Crippen molar-refractivity contribution in [3.8, 4) is 16.3 Å². The Bertz CT molecular complexity index is 920. The minimum Gasteiger partial charge on any atom is -0.485 e. The zero-order chi connectivity index (χ0) is 18.6. The minimum atomic E-state index is -0.402. The summed E-state index contributed by atoms with van der Waals surface area (Å²) in [6.07, 6.45) is 0. The highest BCUT2D eigenvalue weighted by molar-refractivity contribution is 7.21. The predicted octanol–water partition coefficient (Wildman–Crippen LogP) is 3.58. The van der Waals surface area contributed by atoms with Gasteiger partial charge in [-0.2, -0.15) is 0 Å². The molecule has 3 aromatic rings. The molecule has 1 aliphatic heterocycles. The number of hydrogen-bond acceptors (Lipinski definition) is 7. The summed E-state index contributed by atoms with van der Waals surface area (Å²) < 4.78 is 12.1. The van der Waals surface area contributed by atoms with Gasteiger partial charge in [-0.1, -0.05) is 12.1 Å². The van der Waals surface area contributed by atoms with E-state index in [1.807, 2.05) is 30.3 Å². The van der Waals surface area contributed by atoms with Gasteiger partial charge in [0.2, 0.25) is 0 Å². The number of nitrogens with zero attached hydrogens (tertiary/aromatic N) is 3. The second kappa shape index (κ2) is 7.99. The van der Waals surface area contributed by atoms with Gasteiger partial charge in [-0.05, 0) is 24.3 Å². The van der Waals surface area contributed by atoms with Crippen molar-refractivity contribution >= 4 is 27.2 Å². The third kappa shape index (κ3) is 4.08. The molecule has 140 valence electrons. The van der Waals surface area contributed by atoms with Crippen LogP contribution in [0.4, 0.5) is 5.69 Å². The largest absolute Gasteiger partial charge is 0.485 e. The molecule has 0 amide bonds. The molecule has 0 bridgehead atoms. The molecule has 4 rings (SSSR count). The monoisotopic (exact) mass is 385 g/mol. The Kier molecular flexibility index (Phi) is 5.28. The molecule has 0 spiro atoms. The van der Waals surface area contributed by atoms with E-state index in [1.54, 1.807) is 12.1 Å². The summed E-state index contributed by atoms with van der Waals surface area (Å²) in [5.74, 6) is 0.290. The van der Waals surface area contributed by atoms with E-state index in [4.69, 9.17) is 9.47 Å². The summed E-state index contributed by atoms with van der Waals surface area (Å²) in [6.45, 7) is 4.29. The van der Waals surface area contributed by atoms with Crippen molar-refractivity contribution in [3.05, 3.63) is 52.6 Å². The van der Waals surface area contributed by atoms with Gasteiger partial charge in [0.05, 0.1) is 28.4 Å². The maximum absolute atomic E-state index is 11.5. The van der Waals surface area contributed by atoms with Gasteiger partial charge in [0.1, 0.15) is 11.6 Å². The Morgan fingerprint density at radius 2 is 2.04 bits per heavy atom. The van der Waals surface area contributed by atoms with Gasteiger partial charge in [-0.15, -0.1) is 11.3 Å². The van der Waals surface area contributed by atoms with Crippen LogP contribution in [0.25, 0.3) is 20.8 Å². The number of benzene rings is 2. The zero-order valence-corrected chi connectivity index (χ0v) is 15.5. The first-order chi connectivity index (χ1) is 13.2.